The normalized spacial score (nSPS) is 24.0. The molecule has 2 unspecified atom stereocenters. The molecule has 0 bridgehead atoms. The van der Waals surface area contributed by atoms with Crippen molar-refractivity contribution in [1.29, 1.82) is 0 Å². The molecule has 3 rings (SSSR count). The number of piperidine rings is 1. The third-order valence-corrected chi connectivity index (χ3v) is 5.20. The summed E-state index contributed by atoms with van der Waals surface area (Å²) in [6.07, 6.45) is 4.18. The molecule has 0 radical (unpaired) electrons. The van der Waals surface area contributed by atoms with Gasteiger partial charge in [0, 0.05) is 16.9 Å². The molecule has 0 N–H and O–H groups in total. The van der Waals surface area contributed by atoms with Crippen molar-refractivity contribution in [2.75, 3.05) is 13.7 Å². The lowest BCUT2D eigenvalue weighted by Gasteiger charge is -2.35. The summed E-state index contributed by atoms with van der Waals surface area (Å²) in [6, 6.07) is 5.79. The average Bonchev–Trinajstić information content (AvgIpc) is 2.96. The van der Waals surface area contributed by atoms with Crippen LogP contribution in [-0.4, -0.2) is 36.5 Å². The molecule has 2 aliphatic rings. The van der Waals surface area contributed by atoms with Crippen LogP contribution in [-0.2, 0) is 27.2 Å². The molecular formula is C17H20BrNO3. The molecule has 5 heteroatoms. The van der Waals surface area contributed by atoms with Gasteiger partial charge in [-0.2, -0.15) is 0 Å². The fourth-order valence-corrected chi connectivity index (χ4v) is 3.98. The quantitative estimate of drug-likeness (QED) is 0.757. The lowest BCUT2D eigenvalue weighted by molar-refractivity contribution is -0.156. The van der Waals surface area contributed by atoms with Crippen LogP contribution < -0.4 is 0 Å². The molecule has 1 aliphatic heterocycles. The predicted octanol–water partition coefficient (Wildman–Crippen LogP) is 2.72. The SMILES string of the molecule is COC(=O)C1CCCCN1C(=O)C1Cc2ccc(Br)cc2C1. The summed E-state index contributed by atoms with van der Waals surface area (Å²) in [7, 11) is 1.39. The summed E-state index contributed by atoms with van der Waals surface area (Å²) < 4.78 is 5.92. The number of hydrogen-bond donors (Lipinski definition) is 0. The minimum atomic E-state index is -0.401. The molecule has 0 aromatic heterocycles. The highest BCUT2D eigenvalue weighted by molar-refractivity contribution is 9.10. The van der Waals surface area contributed by atoms with Gasteiger partial charge >= 0.3 is 5.97 Å². The van der Waals surface area contributed by atoms with Gasteiger partial charge in [-0.05, 0) is 55.4 Å². The van der Waals surface area contributed by atoms with Crippen LogP contribution in [0.1, 0.15) is 30.4 Å². The maximum Gasteiger partial charge on any atom is 0.328 e. The van der Waals surface area contributed by atoms with Crippen molar-refractivity contribution < 1.29 is 14.3 Å². The smallest absolute Gasteiger partial charge is 0.328 e. The van der Waals surface area contributed by atoms with E-state index in [0.29, 0.717) is 13.0 Å². The van der Waals surface area contributed by atoms with E-state index in [1.807, 2.05) is 6.07 Å². The van der Waals surface area contributed by atoms with Crippen LogP contribution in [0.2, 0.25) is 0 Å². The molecule has 2 atom stereocenters. The summed E-state index contributed by atoms with van der Waals surface area (Å²) in [6.45, 7) is 0.662. The van der Waals surface area contributed by atoms with Gasteiger partial charge in [0.1, 0.15) is 6.04 Å². The number of methoxy groups -OCH3 is 1. The largest absolute Gasteiger partial charge is 0.467 e. The van der Waals surface area contributed by atoms with E-state index in [4.69, 9.17) is 4.74 Å². The van der Waals surface area contributed by atoms with Crippen LogP contribution in [0, 0.1) is 5.92 Å². The number of fused-ring (bicyclic) bond motifs is 1. The number of rotatable bonds is 2. The molecule has 1 amide bonds. The zero-order chi connectivity index (χ0) is 15.7. The van der Waals surface area contributed by atoms with Crippen molar-refractivity contribution >= 4 is 27.8 Å². The molecule has 1 heterocycles. The number of benzene rings is 1. The van der Waals surface area contributed by atoms with E-state index in [-0.39, 0.29) is 17.8 Å². The second-order valence-electron chi connectivity index (χ2n) is 6.08. The Morgan fingerprint density at radius 2 is 2.00 bits per heavy atom. The highest BCUT2D eigenvalue weighted by Crippen LogP contribution is 2.32. The van der Waals surface area contributed by atoms with Gasteiger partial charge in [-0.15, -0.1) is 0 Å². The van der Waals surface area contributed by atoms with Crippen molar-refractivity contribution in [2.24, 2.45) is 5.92 Å². The van der Waals surface area contributed by atoms with Crippen LogP contribution >= 0.6 is 15.9 Å². The summed E-state index contributed by atoms with van der Waals surface area (Å²) in [5, 5.41) is 0. The van der Waals surface area contributed by atoms with Crippen molar-refractivity contribution in [3.63, 3.8) is 0 Å². The summed E-state index contributed by atoms with van der Waals surface area (Å²) in [4.78, 5) is 26.6. The Bertz CT molecular complexity index is 602. The van der Waals surface area contributed by atoms with E-state index >= 15 is 0 Å². The predicted molar refractivity (Wildman–Crippen MR) is 86.4 cm³/mol. The van der Waals surface area contributed by atoms with Crippen molar-refractivity contribution in [3.05, 3.63) is 33.8 Å². The van der Waals surface area contributed by atoms with E-state index in [0.717, 1.165) is 30.2 Å². The van der Waals surface area contributed by atoms with Crippen molar-refractivity contribution in [3.8, 4) is 0 Å². The van der Waals surface area contributed by atoms with Gasteiger partial charge in [-0.1, -0.05) is 22.0 Å². The van der Waals surface area contributed by atoms with E-state index in [1.165, 1.54) is 18.2 Å². The van der Waals surface area contributed by atoms with E-state index in [2.05, 4.69) is 28.1 Å². The first kappa shape index (κ1) is 15.5. The van der Waals surface area contributed by atoms with Crippen LogP contribution in [0.15, 0.2) is 22.7 Å². The first-order valence-electron chi connectivity index (χ1n) is 7.75. The lowest BCUT2D eigenvalue weighted by Crippen LogP contribution is -2.50. The van der Waals surface area contributed by atoms with Crippen LogP contribution in [0.5, 0.6) is 0 Å². The van der Waals surface area contributed by atoms with Gasteiger partial charge < -0.3 is 9.64 Å². The fraction of sp³-hybridized carbons (Fsp3) is 0.529. The fourth-order valence-electron chi connectivity index (χ4n) is 3.57. The minimum absolute atomic E-state index is 0.0467. The van der Waals surface area contributed by atoms with E-state index in [9.17, 15) is 9.59 Å². The number of carbonyl (C=O) groups is 2. The number of ether oxygens (including phenoxy) is 1. The second kappa shape index (κ2) is 6.41. The highest BCUT2D eigenvalue weighted by Gasteiger charge is 2.38. The standard InChI is InChI=1S/C17H20BrNO3/c1-22-17(21)15-4-2-3-7-19(15)16(20)13-8-11-5-6-14(18)10-12(11)9-13/h5-6,10,13,15H,2-4,7-9H2,1H3. The second-order valence-corrected chi connectivity index (χ2v) is 7.00. The van der Waals surface area contributed by atoms with Gasteiger partial charge in [0.2, 0.25) is 5.91 Å². The lowest BCUT2D eigenvalue weighted by atomic mass is 9.97. The van der Waals surface area contributed by atoms with Crippen molar-refractivity contribution in [2.45, 2.75) is 38.1 Å². The van der Waals surface area contributed by atoms with Crippen LogP contribution in [0.4, 0.5) is 0 Å². The number of esters is 1. The Morgan fingerprint density at radius 3 is 2.77 bits per heavy atom. The maximum absolute atomic E-state index is 12.9. The van der Waals surface area contributed by atoms with Gasteiger partial charge in [0.15, 0.2) is 0 Å². The molecule has 0 spiro atoms. The van der Waals surface area contributed by atoms with Crippen molar-refractivity contribution in [1.82, 2.24) is 4.90 Å². The molecule has 0 saturated carbocycles. The number of amides is 1. The van der Waals surface area contributed by atoms with E-state index in [1.54, 1.807) is 4.90 Å². The first-order chi connectivity index (χ1) is 10.6. The number of hydrogen-bond acceptors (Lipinski definition) is 3. The Labute approximate surface area is 138 Å². The van der Waals surface area contributed by atoms with E-state index < -0.39 is 6.04 Å². The molecule has 4 nitrogen and oxygen atoms in total. The van der Waals surface area contributed by atoms with Crippen LogP contribution in [0.3, 0.4) is 0 Å². The van der Waals surface area contributed by atoms with Gasteiger partial charge in [-0.25, -0.2) is 4.79 Å². The zero-order valence-electron chi connectivity index (χ0n) is 12.7. The summed E-state index contributed by atoms with van der Waals surface area (Å²) in [5.41, 5.74) is 2.48. The third-order valence-electron chi connectivity index (χ3n) is 4.71. The summed E-state index contributed by atoms with van der Waals surface area (Å²) in [5.74, 6) is -0.233. The molecular weight excluding hydrogens is 346 g/mol. The Morgan fingerprint density at radius 1 is 1.23 bits per heavy atom. The van der Waals surface area contributed by atoms with Gasteiger partial charge in [-0.3, -0.25) is 4.79 Å². The molecule has 1 aromatic carbocycles. The monoisotopic (exact) mass is 365 g/mol. The molecule has 1 fully saturated rings. The first-order valence-corrected chi connectivity index (χ1v) is 8.55. The summed E-state index contributed by atoms with van der Waals surface area (Å²) >= 11 is 3.48. The Kier molecular flexibility index (Phi) is 4.52. The van der Waals surface area contributed by atoms with Crippen LogP contribution in [0.25, 0.3) is 0 Å². The highest BCUT2D eigenvalue weighted by atomic mass is 79.9. The van der Waals surface area contributed by atoms with Gasteiger partial charge in [0.05, 0.1) is 7.11 Å². The number of nitrogens with zero attached hydrogens (tertiary/aromatic N) is 1. The number of carbonyl (C=O) groups excluding carboxylic acids is 2. The maximum atomic E-state index is 12.9. The topological polar surface area (TPSA) is 46.6 Å². The Hall–Kier alpha value is -1.36. The molecule has 118 valence electrons. The Balaban J connectivity index is 1.75. The minimum Gasteiger partial charge on any atom is -0.467 e. The molecule has 22 heavy (non-hydrogen) atoms. The molecule has 1 saturated heterocycles. The average molecular weight is 366 g/mol. The third kappa shape index (κ3) is 2.91. The molecule has 1 aromatic rings. The zero-order valence-corrected chi connectivity index (χ0v) is 14.3. The number of likely N-dealkylation sites (tertiary alicyclic amines) is 1. The van der Waals surface area contributed by atoms with Gasteiger partial charge in [0.25, 0.3) is 0 Å². The number of halogens is 1. The molecule has 1 aliphatic carbocycles.